The first-order chi connectivity index (χ1) is 9.40. The molecule has 1 aliphatic rings. The second-order valence-electron chi connectivity index (χ2n) is 5.44. The normalized spacial score (nSPS) is 16.8. The highest BCUT2D eigenvalue weighted by Crippen LogP contribution is 2.17. The van der Waals surface area contributed by atoms with Crippen molar-refractivity contribution in [2.45, 2.75) is 51.6 Å². The summed E-state index contributed by atoms with van der Waals surface area (Å²) in [7, 11) is 0. The fourth-order valence-electron chi connectivity index (χ4n) is 2.22. The Morgan fingerprint density at radius 1 is 1.20 bits per heavy atom. The van der Waals surface area contributed by atoms with E-state index in [2.05, 4.69) is 16.0 Å². The molecular weight excluding hydrogens is 262 g/mol. The van der Waals surface area contributed by atoms with Crippen LogP contribution in [0.2, 0.25) is 0 Å². The summed E-state index contributed by atoms with van der Waals surface area (Å²) in [6.45, 7) is 3.25. The molecule has 1 saturated carbocycles. The van der Waals surface area contributed by atoms with Crippen LogP contribution in [0, 0.1) is 5.92 Å². The van der Waals surface area contributed by atoms with E-state index in [4.69, 9.17) is 5.11 Å². The fraction of sp³-hybridized carbons (Fsp3) is 0.769. The van der Waals surface area contributed by atoms with Crippen LogP contribution in [0.25, 0.3) is 0 Å². The molecule has 0 spiro atoms. The van der Waals surface area contributed by atoms with E-state index < -0.39 is 18.0 Å². The van der Waals surface area contributed by atoms with Crippen molar-refractivity contribution in [3.63, 3.8) is 0 Å². The van der Waals surface area contributed by atoms with Gasteiger partial charge in [0.1, 0.15) is 6.04 Å². The number of carboxylic acids is 1. The number of hydrogen-bond acceptors (Lipinski definition) is 3. The molecule has 1 atom stereocenters. The van der Waals surface area contributed by atoms with Crippen LogP contribution in [0.5, 0.6) is 0 Å². The summed E-state index contributed by atoms with van der Waals surface area (Å²) in [6.07, 6.45) is 4.19. The number of carboxylic acid groups (broad SMARTS) is 1. The van der Waals surface area contributed by atoms with Crippen LogP contribution in [-0.2, 0) is 9.59 Å². The Morgan fingerprint density at radius 2 is 1.80 bits per heavy atom. The molecular formula is C13H23N3O4. The molecule has 0 aromatic rings. The van der Waals surface area contributed by atoms with E-state index in [0.29, 0.717) is 0 Å². The van der Waals surface area contributed by atoms with Gasteiger partial charge >= 0.3 is 12.0 Å². The lowest BCUT2D eigenvalue weighted by molar-refractivity contribution is -0.140. The Labute approximate surface area is 118 Å². The van der Waals surface area contributed by atoms with Gasteiger partial charge in [-0.05, 0) is 18.8 Å². The van der Waals surface area contributed by atoms with Gasteiger partial charge in [-0.1, -0.05) is 26.7 Å². The van der Waals surface area contributed by atoms with Crippen LogP contribution in [0.3, 0.4) is 0 Å². The SMILES string of the molecule is CC(C)C(NC(=O)NCC(=O)NC1CCCC1)C(=O)O. The quantitative estimate of drug-likeness (QED) is 0.568. The van der Waals surface area contributed by atoms with Crippen molar-refractivity contribution in [1.29, 1.82) is 0 Å². The number of nitrogens with one attached hydrogen (secondary N) is 3. The molecule has 0 aromatic carbocycles. The molecule has 1 rings (SSSR count). The zero-order valence-corrected chi connectivity index (χ0v) is 11.9. The number of carbonyl (C=O) groups excluding carboxylic acids is 2. The van der Waals surface area contributed by atoms with Gasteiger partial charge < -0.3 is 21.1 Å². The molecule has 3 amide bonds. The number of rotatable bonds is 6. The molecule has 0 bridgehead atoms. The van der Waals surface area contributed by atoms with Crippen molar-refractivity contribution in [2.24, 2.45) is 5.92 Å². The van der Waals surface area contributed by atoms with Gasteiger partial charge in [-0.2, -0.15) is 0 Å². The highest BCUT2D eigenvalue weighted by atomic mass is 16.4. The summed E-state index contributed by atoms with van der Waals surface area (Å²) in [6, 6.07) is -1.41. The Hall–Kier alpha value is -1.79. The lowest BCUT2D eigenvalue weighted by Crippen LogP contribution is -2.50. The lowest BCUT2D eigenvalue weighted by Gasteiger charge is -2.18. The zero-order valence-electron chi connectivity index (χ0n) is 11.9. The van der Waals surface area contributed by atoms with E-state index in [0.717, 1.165) is 25.7 Å². The summed E-state index contributed by atoms with van der Waals surface area (Å²) >= 11 is 0. The third-order valence-corrected chi connectivity index (χ3v) is 3.35. The van der Waals surface area contributed by atoms with Crippen LogP contribution in [0.4, 0.5) is 4.79 Å². The van der Waals surface area contributed by atoms with Gasteiger partial charge in [-0.3, -0.25) is 4.79 Å². The summed E-state index contributed by atoms with van der Waals surface area (Å²) in [5.41, 5.74) is 0. The molecule has 20 heavy (non-hydrogen) atoms. The van der Waals surface area contributed by atoms with Gasteiger partial charge in [0.05, 0.1) is 6.54 Å². The molecule has 7 nitrogen and oxygen atoms in total. The van der Waals surface area contributed by atoms with Crippen molar-refractivity contribution >= 4 is 17.9 Å². The van der Waals surface area contributed by atoms with Gasteiger partial charge in [-0.15, -0.1) is 0 Å². The average Bonchev–Trinajstić information content (AvgIpc) is 2.85. The molecule has 1 fully saturated rings. The predicted molar refractivity (Wildman–Crippen MR) is 73.2 cm³/mol. The first-order valence-corrected chi connectivity index (χ1v) is 6.96. The van der Waals surface area contributed by atoms with Gasteiger partial charge in [0, 0.05) is 6.04 Å². The molecule has 1 unspecified atom stereocenters. The van der Waals surface area contributed by atoms with E-state index >= 15 is 0 Å². The minimum Gasteiger partial charge on any atom is -0.480 e. The predicted octanol–water partition coefficient (Wildman–Crippen LogP) is 0.454. The van der Waals surface area contributed by atoms with Crippen molar-refractivity contribution in [3.8, 4) is 0 Å². The van der Waals surface area contributed by atoms with Gasteiger partial charge in [0.2, 0.25) is 5.91 Å². The van der Waals surface area contributed by atoms with Crippen molar-refractivity contribution in [3.05, 3.63) is 0 Å². The maximum absolute atomic E-state index is 11.6. The highest BCUT2D eigenvalue weighted by molar-refractivity contribution is 5.86. The van der Waals surface area contributed by atoms with E-state index in [1.165, 1.54) is 0 Å². The Kier molecular flexibility index (Phi) is 6.27. The van der Waals surface area contributed by atoms with Crippen LogP contribution in [0.15, 0.2) is 0 Å². The molecule has 0 aromatic heterocycles. The summed E-state index contributed by atoms with van der Waals surface area (Å²) < 4.78 is 0. The topological polar surface area (TPSA) is 108 Å². The number of aliphatic carboxylic acids is 1. The largest absolute Gasteiger partial charge is 0.480 e. The number of urea groups is 1. The first-order valence-electron chi connectivity index (χ1n) is 6.96. The highest BCUT2D eigenvalue weighted by Gasteiger charge is 2.23. The van der Waals surface area contributed by atoms with Crippen LogP contribution in [-0.4, -0.2) is 41.6 Å². The molecule has 0 radical (unpaired) electrons. The third-order valence-electron chi connectivity index (χ3n) is 3.35. The monoisotopic (exact) mass is 285 g/mol. The van der Waals surface area contributed by atoms with Crippen LogP contribution < -0.4 is 16.0 Å². The Bertz CT molecular complexity index is 365. The van der Waals surface area contributed by atoms with Gasteiger partial charge in [0.15, 0.2) is 0 Å². The van der Waals surface area contributed by atoms with E-state index in [9.17, 15) is 14.4 Å². The van der Waals surface area contributed by atoms with Gasteiger partial charge in [0.25, 0.3) is 0 Å². The van der Waals surface area contributed by atoms with Crippen molar-refractivity contribution < 1.29 is 19.5 Å². The number of amides is 3. The first kappa shape index (κ1) is 16.3. The summed E-state index contributed by atoms with van der Waals surface area (Å²) in [5.74, 6) is -1.57. The lowest BCUT2D eigenvalue weighted by atomic mass is 10.1. The maximum atomic E-state index is 11.6. The molecule has 114 valence electrons. The minimum atomic E-state index is -1.09. The molecule has 0 aliphatic heterocycles. The molecule has 1 aliphatic carbocycles. The van der Waals surface area contributed by atoms with Crippen molar-refractivity contribution in [1.82, 2.24) is 16.0 Å². The van der Waals surface area contributed by atoms with E-state index in [1.54, 1.807) is 13.8 Å². The fourth-order valence-corrected chi connectivity index (χ4v) is 2.22. The van der Waals surface area contributed by atoms with Gasteiger partial charge in [-0.25, -0.2) is 9.59 Å². The molecule has 0 saturated heterocycles. The Balaban J connectivity index is 2.27. The zero-order chi connectivity index (χ0) is 15.1. The molecule has 7 heteroatoms. The molecule has 4 N–H and O–H groups in total. The summed E-state index contributed by atoms with van der Waals surface area (Å²) in [4.78, 5) is 34.0. The van der Waals surface area contributed by atoms with Crippen LogP contribution in [0.1, 0.15) is 39.5 Å². The van der Waals surface area contributed by atoms with Crippen LogP contribution >= 0.6 is 0 Å². The molecule has 0 heterocycles. The van der Waals surface area contributed by atoms with E-state index in [1.807, 2.05) is 0 Å². The Morgan fingerprint density at radius 3 is 2.30 bits per heavy atom. The third kappa shape index (κ3) is 5.46. The smallest absolute Gasteiger partial charge is 0.326 e. The number of carbonyl (C=O) groups is 3. The second kappa shape index (κ2) is 7.72. The van der Waals surface area contributed by atoms with E-state index in [-0.39, 0.29) is 24.4 Å². The average molecular weight is 285 g/mol. The second-order valence-corrected chi connectivity index (χ2v) is 5.44. The number of hydrogen-bond donors (Lipinski definition) is 4. The standard InChI is InChI=1S/C13H23N3O4/c1-8(2)11(12(18)19)16-13(20)14-7-10(17)15-9-5-3-4-6-9/h8-9,11H,3-7H2,1-2H3,(H,15,17)(H,18,19)(H2,14,16,20). The summed E-state index contributed by atoms with van der Waals surface area (Å²) in [5, 5.41) is 16.5. The maximum Gasteiger partial charge on any atom is 0.326 e. The minimum absolute atomic E-state index is 0.146. The van der Waals surface area contributed by atoms with Crippen molar-refractivity contribution in [2.75, 3.05) is 6.54 Å².